The molecule has 2 heterocycles. The Balaban J connectivity index is 1.60. The predicted octanol–water partition coefficient (Wildman–Crippen LogP) is 5.45. The summed E-state index contributed by atoms with van der Waals surface area (Å²) in [6.07, 6.45) is 1.62. The highest BCUT2D eigenvalue weighted by molar-refractivity contribution is 8.00. The van der Waals surface area contributed by atoms with E-state index in [4.69, 9.17) is 0 Å². The summed E-state index contributed by atoms with van der Waals surface area (Å²) in [6.45, 7) is 1.78. The van der Waals surface area contributed by atoms with Crippen LogP contribution in [-0.2, 0) is 6.54 Å². The van der Waals surface area contributed by atoms with E-state index in [2.05, 4.69) is 10.3 Å². The fourth-order valence-electron chi connectivity index (χ4n) is 3.35. The molecule has 2 aromatic carbocycles. The number of pyridine rings is 1. The zero-order chi connectivity index (χ0) is 23.6. The number of nitrogens with one attached hydrogen (secondary N) is 1. The Morgan fingerprint density at radius 2 is 1.76 bits per heavy atom. The number of aromatic nitrogens is 3. The molecule has 33 heavy (non-hydrogen) atoms. The standard InChI is InChI=1S/C23H19F3N4O2S/c1-15-21(31)30(18-7-9-19(10-8-18)33-23(24,25)26)22(32)29(15)14-16-11-12-27-20(13-16)28-17-5-3-2-4-6-17/h2-13,31H,14H2,1H3,(H,27,28). The van der Waals surface area contributed by atoms with Gasteiger partial charge in [-0.25, -0.2) is 14.3 Å². The molecular formula is C23H19F3N4O2S. The minimum absolute atomic E-state index is 0.00910. The van der Waals surface area contributed by atoms with E-state index >= 15 is 0 Å². The van der Waals surface area contributed by atoms with Crippen molar-refractivity contribution >= 4 is 23.3 Å². The third-order valence-corrected chi connectivity index (χ3v) is 5.64. The van der Waals surface area contributed by atoms with Crippen LogP contribution in [0, 0.1) is 6.92 Å². The summed E-state index contributed by atoms with van der Waals surface area (Å²) < 4.78 is 40.2. The Labute approximate surface area is 191 Å². The van der Waals surface area contributed by atoms with Crippen molar-refractivity contribution in [3.8, 4) is 11.6 Å². The van der Waals surface area contributed by atoms with Crippen molar-refractivity contribution in [1.82, 2.24) is 14.1 Å². The average molecular weight is 472 g/mol. The second-order valence-electron chi connectivity index (χ2n) is 7.20. The Kier molecular flexibility index (Phi) is 6.19. The predicted molar refractivity (Wildman–Crippen MR) is 121 cm³/mol. The van der Waals surface area contributed by atoms with Gasteiger partial charge in [0.15, 0.2) is 0 Å². The quantitative estimate of drug-likeness (QED) is 0.365. The van der Waals surface area contributed by atoms with Crippen LogP contribution < -0.4 is 11.0 Å². The molecule has 0 amide bonds. The Bertz CT molecular complexity index is 1320. The zero-order valence-corrected chi connectivity index (χ0v) is 18.2. The highest BCUT2D eigenvalue weighted by atomic mass is 32.2. The van der Waals surface area contributed by atoms with E-state index in [0.717, 1.165) is 15.8 Å². The van der Waals surface area contributed by atoms with Crippen molar-refractivity contribution in [1.29, 1.82) is 0 Å². The first-order valence-electron chi connectivity index (χ1n) is 9.85. The van der Waals surface area contributed by atoms with Crippen molar-refractivity contribution in [3.05, 3.63) is 94.7 Å². The first-order valence-corrected chi connectivity index (χ1v) is 10.7. The third-order valence-electron chi connectivity index (χ3n) is 4.90. The first-order chi connectivity index (χ1) is 15.7. The molecule has 170 valence electrons. The van der Waals surface area contributed by atoms with Crippen molar-refractivity contribution in [2.75, 3.05) is 5.32 Å². The molecule has 0 aliphatic carbocycles. The average Bonchev–Trinajstić information content (AvgIpc) is 2.98. The number of benzene rings is 2. The second-order valence-corrected chi connectivity index (χ2v) is 8.33. The van der Waals surface area contributed by atoms with Crippen LogP contribution in [0.5, 0.6) is 5.88 Å². The largest absolute Gasteiger partial charge is 0.493 e. The lowest BCUT2D eigenvalue weighted by Crippen LogP contribution is -2.24. The van der Waals surface area contributed by atoms with Crippen LogP contribution in [0.2, 0.25) is 0 Å². The van der Waals surface area contributed by atoms with Crippen LogP contribution in [0.1, 0.15) is 11.3 Å². The number of alkyl halides is 3. The van der Waals surface area contributed by atoms with E-state index in [1.54, 1.807) is 25.3 Å². The van der Waals surface area contributed by atoms with Gasteiger partial charge in [0, 0.05) is 16.8 Å². The number of para-hydroxylation sites is 1. The maximum absolute atomic E-state index is 13.1. The Hall–Kier alpha value is -3.66. The molecular weight excluding hydrogens is 453 g/mol. The summed E-state index contributed by atoms with van der Waals surface area (Å²) in [6, 6.07) is 18.3. The SMILES string of the molecule is Cc1c(O)n(-c2ccc(SC(F)(F)F)cc2)c(=O)n1Cc1ccnc(Nc2ccccc2)c1. The van der Waals surface area contributed by atoms with Crippen molar-refractivity contribution in [3.63, 3.8) is 0 Å². The number of aromatic hydroxyl groups is 1. The van der Waals surface area contributed by atoms with Gasteiger partial charge in [0.2, 0.25) is 5.88 Å². The molecule has 0 atom stereocenters. The van der Waals surface area contributed by atoms with Gasteiger partial charge in [0.1, 0.15) is 5.82 Å². The number of nitrogens with zero attached hydrogens (tertiary/aromatic N) is 3. The Morgan fingerprint density at radius 3 is 2.42 bits per heavy atom. The summed E-state index contributed by atoms with van der Waals surface area (Å²) in [5.41, 5.74) is -2.65. The number of anilines is 2. The van der Waals surface area contributed by atoms with Gasteiger partial charge < -0.3 is 10.4 Å². The number of rotatable bonds is 6. The minimum Gasteiger partial charge on any atom is -0.493 e. The number of imidazole rings is 1. The molecule has 0 spiro atoms. The molecule has 10 heteroatoms. The van der Waals surface area contributed by atoms with Gasteiger partial charge in [-0.1, -0.05) is 18.2 Å². The molecule has 4 rings (SSSR count). The molecule has 0 bridgehead atoms. The minimum atomic E-state index is -4.40. The summed E-state index contributed by atoms with van der Waals surface area (Å²) in [5, 5.41) is 13.8. The molecule has 0 saturated carbocycles. The molecule has 6 nitrogen and oxygen atoms in total. The van der Waals surface area contributed by atoms with Gasteiger partial charge in [-0.05, 0) is 72.8 Å². The second kappa shape index (κ2) is 9.07. The number of halogens is 3. The van der Waals surface area contributed by atoms with Crippen LogP contribution in [0.3, 0.4) is 0 Å². The molecule has 0 radical (unpaired) electrons. The highest BCUT2D eigenvalue weighted by Crippen LogP contribution is 2.37. The lowest BCUT2D eigenvalue weighted by molar-refractivity contribution is -0.0328. The summed E-state index contributed by atoms with van der Waals surface area (Å²) in [5.74, 6) is 0.332. The topological polar surface area (TPSA) is 72.1 Å². The van der Waals surface area contributed by atoms with Crippen LogP contribution in [0.4, 0.5) is 24.7 Å². The van der Waals surface area contributed by atoms with Gasteiger partial charge >= 0.3 is 11.2 Å². The summed E-state index contributed by atoms with van der Waals surface area (Å²) in [7, 11) is 0. The van der Waals surface area contributed by atoms with Gasteiger partial charge in [-0.2, -0.15) is 13.2 Å². The third kappa shape index (κ3) is 5.23. The molecule has 4 aromatic rings. The maximum atomic E-state index is 13.1. The lowest BCUT2D eigenvalue weighted by Gasteiger charge is -2.08. The fraction of sp³-hybridized carbons (Fsp3) is 0.130. The van der Waals surface area contributed by atoms with E-state index in [9.17, 15) is 23.1 Å². The summed E-state index contributed by atoms with van der Waals surface area (Å²) in [4.78, 5) is 17.3. The summed E-state index contributed by atoms with van der Waals surface area (Å²) >= 11 is -0.242. The van der Waals surface area contributed by atoms with Crippen LogP contribution in [0.15, 0.2) is 82.6 Å². The van der Waals surface area contributed by atoms with Gasteiger partial charge in [0.25, 0.3) is 0 Å². The number of thioether (sulfide) groups is 1. The highest BCUT2D eigenvalue weighted by Gasteiger charge is 2.29. The van der Waals surface area contributed by atoms with Gasteiger partial charge in [-0.3, -0.25) is 4.57 Å². The molecule has 0 aliphatic heterocycles. The van der Waals surface area contributed by atoms with E-state index < -0.39 is 11.2 Å². The fourth-order valence-corrected chi connectivity index (χ4v) is 3.89. The molecule has 2 N–H and O–H groups in total. The van der Waals surface area contributed by atoms with Gasteiger partial charge in [-0.15, -0.1) is 0 Å². The smallest absolute Gasteiger partial charge is 0.446 e. The van der Waals surface area contributed by atoms with Crippen LogP contribution in [-0.4, -0.2) is 24.7 Å². The van der Waals surface area contributed by atoms with E-state index in [1.165, 1.54) is 28.8 Å². The molecule has 0 saturated heterocycles. The normalized spacial score (nSPS) is 11.5. The Morgan fingerprint density at radius 1 is 1.06 bits per heavy atom. The van der Waals surface area contributed by atoms with Crippen molar-refractivity contribution in [2.24, 2.45) is 0 Å². The monoisotopic (exact) mass is 472 g/mol. The maximum Gasteiger partial charge on any atom is 0.446 e. The molecule has 2 aromatic heterocycles. The zero-order valence-electron chi connectivity index (χ0n) is 17.4. The van der Waals surface area contributed by atoms with Crippen LogP contribution >= 0.6 is 11.8 Å². The first kappa shape index (κ1) is 22.5. The van der Waals surface area contributed by atoms with E-state index in [-0.39, 0.29) is 34.8 Å². The molecule has 0 unspecified atom stereocenters. The number of hydrogen-bond donors (Lipinski definition) is 2. The van der Waals surface area contributed by atoms with E-state index in [1.807, 2.05) is 30.3 Å². The van der Waals surface area contributed by atoms with Gasteiger partial charge in [0.05, 0.1) is 17.9 Å². The number of hydrogen-bond acceptors (Lipinski definition) is 5. The molecule has 0 aliphatic rings. The van der Waals surface area contributed by atoms with Crippen molar-refractivity contribution in [2.45, 2.75) is 23.9 Å². The van der Waals surface area contributed by atoms with Crippen LogP contribution in [0.25, 0.3) is 5.69 Å². The van der Waals surface area contributed by atoms with E-state index in [0.29, 0.717) is 11.5 Å². The van der Waals surface area contributed by atoms with Crippen molar-refractivity contribution < 1.29 is 18.3 Å². The lowest BCUT2D eigenvalue weighted by atomic mass is 10.2. The molecule has 0 fully saturated rings.